The molecule has 0 spiro atoms. The molecule has 1 fully saturated rings. The number of rotatable bonds is 5. The summed E-state index contributed by atoms with van der Waals surface area (Å²) in [6.45, 7) is 6.59. The molecule has 0 unspecified atom stereocenters. The van der Waals surface area contributed by atoms with E-state index in [4.69, 9.17) is 4.74 Å². The zero-order chi connectivity index (χ0) is 12.2. The number of carbonyl (C=O) groups is 1. The minimum Gasteiger partial charge on any atom is -0.370 e. The lowest BCUT2D eigenvalue weighted by Crippen LogP contribution is -2.43. The molecule has 0 heterocycles. The van der Waals surface area contributed by atoms with Crippen LogP contribution in [0.15, 0.2) is 0 Å². The smallest absolute Gasteiger partial charge is 0.164 e. The summed E-state index contributed by atoms with van der Waals surface area (Å²) in [5.41, 5.74) is -0.443. The number of hydrogen-bond acceptors (Lipinski definition) is 2. The number of ether oxygens (including phenoxy) is 1. The van der Waals surface area contributed by atoms with Gasteiger partial charge in [-0.05, 0) is 43.9 Å². The highest BCUT2D eigenvalue weighted by atomic mass is 16.5. The first-order valence-corrected chi connectivity index (χ1v) is 6.58. The average Bonchev–Trinajstić information content (AvgIpc) is 2.27. The lowest BCUT2D eigenvalue weighted by Gasteiger charge is -2.37. The molecule has 1 rings (SSSR count). The van der Waals surface area contributed by atoms with E-state index in [1.54, 1.807) is 7.11 Å². The maximum atomic E-state index is 12.2. The van der Waals surface area contributed by atoms with Gasteiger partial charge in [-0.1, -0.05) is 20.8 Å². The van der Waals surface area contributed by atoms with Gasteiger partial charge in [0.15, 0.2) is 5.78 Å². The van der Waals surface area contributed by atoms with Crippen molar-refractivity contribution in [1.82, 2.24) is 0 Å². The van der Waals surface area contributed by atoms with Crippen molar-refractivity contribution in [1.29, 1.82) is 0 Å². The Bertz CT molecular complexity index is 225. The second-order valence-corrected chi connectivity index (χ2v) is 5.74. The third-order valence-corrected chi connectivity index (χ3v) is 3.93. The number of hydrogen-bond donors (Lipinski definition) is 0. The molecule has 0 bridgehead atoms. The van der Waals surface area contributed by atoms with Gasteiger partial charge in [0.05, 0.1) is 0 Å². The fourth-order valence-corrected chi connectivity index (χ4v) is 2.47. The highest BCUT2D eigenvalue weighted by Gasteiger charge is 2.40. The van der Waals surface area contributed by atoms with E-state index in [-0.39, 0.29) is 0 Å². The summed E-state index contributed by atoms with van der Waals surface area (Å²) >= 11 is 0. The zero-order valence-corrected chi connectivity index (χ0v) is 11.2. The van der Waals surface area contributed by atoms with Crippen molar-refractivity contribution in [2.45, 2.75) is 64.9 Å². The molecule has 0 amide bonds. The summed E-state index contributed by atoms with van der Waals surface area (Å²) in [6, 6.07) is 0. The van der Waals surface area contributed by atoms with Gasteiger partial charge in [-0.15, -0.1) is 0 Å². The Kier molecular flexibility index (Phi) is 4.97. The first kappa shape index (κ1) is 13.7. The molecule has 1 aliphatic carbocycles. The third kappa shape index (κ3) is 3.31. The van der Waals surface area contributed by atoms with Gasteiger partial charge in [0.1, 0.15) is 5.60 Å². The summed E-state index contributed by atoms with van der Waals surface area (Å²) in [6.07, 6.45) is 5.76. The van der Waals surface area contributed by atoms with Crippen LogP contribution in [-0.2, 0) is 9.53 Å². The van der Waals surface area contributed by atoms with E-state index in [9.17, 15) is 4.79 Å². The van der Waals surface area contributed by atoms with Crippen LogP contribution in [0.2, 0.25) is 0 Å². The standard InChI is InChI=1S/C14H26O2/c1-11(2)5-6-13(15)14(16-4)9-7-12(3)8-10-14/h11-12H,5-10H2,1-4H3. The first-order valence-electron chi connectivity index (χ1n) is 6.58. The normalized spacial score (nSPS) is 30.7. The largest absolute Gasteiger partial charge is 0.370 e. The van der Waals surface area contributed by atoms with Crippen LogP contribution in [0.4, 0.5) is 0 Å². The van der Waals surface area contributed by atoms with Gasteiger partial charge < -0.3 is 4.74 Å². The molecule has 0 aliphatic heterocycles. The topological polar surface area (TPSA) is 26.3 Å². The molecule has 1 saturated carbocycles. The van der Waals surface area contributed by atoms with E-state index in [0.29, 0.717) is 18.1 Å². The second kappa shape index (κ2) is 5.81. The Morgan fingerprint density at radius 1 is 1.38 bits per heavy atom. The predicted octanol–water partition coefficient (Wildman–Crippen LogP) is 3.59. The van der Waals surface area contributed by atoms with Gasteiger partial charge >= 0.3 is 0 Å². The molecule has 2 heteroatoms. The van der Waals surface area contributed by atoms with Crippen LogP contribution < -0.4 is 0 Å². The van der Waals surface area contributed by atoms with Crippen LogP contribution >= 0.6 is 0 Å². The molecular formula is C14H26O2. The number of ketones is 1. The van der Waals surface area contributed by atoms with Crippen molar-refractivity contribution in [3.8, 4) is 0 Å². The lowest BCUT2D eigenvalue weighted by molar-refractivity contribution is -0.146. The van der Waals surface area contributed by atoms with Crippen molar-refractivity contribution in [3.63, 3.8) is 0 Å². The van der Waals surface area contributed by atoms with Crippen molar-refractivity contribution in [3.05, 3.63) is 0 Å². The summed E-state index contributed by atoms with van der Waals surface area (Å²) < 4.78 is 5.57. The van der Waals surface area contributed by atoms with Gasteiger partial charge in [0.25, 0.3) is 0 Å². The summed E-state index contributed by atoms with van der Waals surface area (Å²) in [7, 11) is 1.70. The van der Waals surface area contributed by atoms with Crippen LogP contribution in [0.3, 0.4) is 0 Å². The van der Waals surface area contributed by atoms with E-state index in [1.165, 1.54) is 0 Å². The Hall–Kier alpha value is -0.370. The quantitative estimate of drug-likeness (QED) is 0.716. The average molecular weight is 226 g/mol. The van der Waals surface area contributed by atoms with Crippen LogP contribution in [0.25, 0.3) is 0 Å². The van der Waals surface area contributed by atoms with E-state index >= 15 is 0 Å². The molecule has 2 nitrogen and oxygen atoms in total. The van der Waals surface area contributed by atoms with Crippen molar-refractivity contribution >= 4 is 5.78 Å². The maximum Gasteiger partial charge on any atom is 0.164 e. The van der Waals surface area contributed by atoms with Crippen molar-refractivity contribution in [2.24, 2.45) is 11.8 Å². The maximum absolute atomic E-state index is 12.2. The van der Waals surface area contributed by atoms with Gasteiger partial charge in [0.2, 0.25) is 0 Å². The van der Waals surface area contributed by atoms with Crippen LogP contribution in [0.1, 0.15) is 59.3 Å². The molecule has 0 aromatic heterocycles. The molecule has 94 valence electrons. The van der Waals surface area contributed by atoms with Gasteiger partial charge in [-0.2, -0.15) is 0 Å². The van der Waals surface area contributed by atoms with Crippen molar-refractivity contribution < 1.29 is 9.53 Å². The Morgan fingerprint density at radius 2 is 1.94 bits per heavy atom. The Balaban J connectivity index is 2.55. The minimum absolute atomic E-state index is 0.329. The molecule has 16 heavy (non-hydrogen) atoms. The van der Waals surface area contributed by atoms with E-state index in [2.05, 4.69) is 20.8 Å². The van der Waals surface area contributed by atoms with E-state index in [0.717, 1.165) is 38.0 Å². The highest BCUT2D eigenvalue weighted by molar-refractivity contribution is 5.87. The molecule has 0 atom stereocenters. The molecule has 0 aromatic carbocycles. The van der Waals surface area contributed by atoms with Crippen LogP contribution in [0.5, 0.6) is 0 Å². The Labute approximate surface area is 99.8 Å². The number of methoxy groups -OCH3 is 1. The minimum atomic E-state index is -0.443. The zero-order valence-electron chi connectivity index (χ0n) is 11.2. The van der Waals surface area contributed by atoms with Gasteiger partial charge in [0, 0.05) is 13.5 Å². The molecule has 1 aliphatic rings. The third-order valence-electron chi connectivity index (χ3n) is 3.93. The van der Waals surface area contributed by atoms with E-state index in [1.807, 2.05) is 0 Å². The Morgan fingerprint density at radius 3 is 2.38 bits per heavy atom. The van der Waals surface area contributed by atoms with Crippen molar-refractivity contribution in [2.75, 3.05) is 7.11 Å². The fourth-order valence-electron chi connectivity index (χ4n) is 2.47. The molecule has 0 radical (unpaired) electrons. The summed E-state index contributed by atoms with van der Waals surface area (Å²) in [5.74, 6) is 1.68. The van der Waals surface area contributed by atoms with Crippen LogP contribution in [-0.4, -0.2) is 18.5 Å². The molecule has 0 saturated heterocycles. The summed E-state index contributed by atoms with van der Waals surface area (Å²) in [4.78, 5) is 12.2. The van der Waals surface area contributed by atoms with E-state index < -0.39 is 5.60 Å². The number of carbonyl (C=O) groups excluding carboxylic acids is 1. The monoisotopic (exact) mass is 226 g/mol. The van der Waals surface area contributed by atoms with Gasteiger partial charge in [-0.25, -0.2) is 0 Å². The predicted molar refractivity (Wildman–Crippen MR) is 66.5 cm³/mol. The summed E-state index contributed by atoms with van der Waals surface area (Å²) in [5, 5.41) is 0. The second-order valence-electron chi connectivity index (χ2n) is 5.74. The molecular weight excluding hydrogens is 200 g/mol. The number of Topliss-reactive ketones (excluding diaryl/α,β-unsaturated/α-hetero) is 1. The molecule has 0 N–H and O–H groups in total. The van der Waals surface area contributed by atoms with Gasteiger partial charge in [-0.3, -0.25) is 4.79 Å². The molecule has 0 aromatic rings. The first-order chi connectivity index (χ1) is 7.50. The fraction of sp³-hybridized carbons (Fsp3) is 0.929. The lowest BCUT2D eigenvalue weighted by atomic mass is 9.76. The van der Waals surface area contributed by atoms with Crippen LogP contribution in [0, 0.1) is 11.8 Å². The highest BCUT2D eigenvalue weighted by Crippen LogP contribution is 2.36. The SMILES string of the molecule is COC1(C(=O)CCC(C)C)CCC(C)CC1.